The Hall–Kier alpha value is -4.19. The first-order valence-electron chi connectivity index (χ1n) is 33.0. The molecule has 79 heavy (non-hydrogen) atoms. The van der Waals surface area contributed by atoms with Crippen LogP contribution < -0.4 is 0 Å². The predicted octanol–water partition coefficient (Wildman–Crippen LogP) is 22.8. The second kappa shape index (κ2) is 66.3. The summed E-state index contributed by atoms with van der Waals surface area (Å²) in [7, 11) is 0. The highest BCUT2D eigenvalue weighted by atomic mass is 16.6. The van der Waals surface area contributed by atoms with Gasteiger partial charge in [0.25, 0.3) is 0 Å². The fraction of sp³-hybridized carbons (Fsp3) is 0.685. The third kappa shape index (κ3) is 64.5. The van der Waals surface area contributed by atoms with E-state index in [0.29, 0.717) is 19.3 Å². The van der Waals surface area contributed by atoms with Crippen molar-refractivity contribution >= 4 is 17.9 Å². The van der Waals surface area contributed by atoms with E-state index in [1.165, 1.54) is 135 Å². The van der Waals surface area contributed by atoms with Crippen molar-refractivity contribution in [2.24, 2.45) is 0 Å². The SMILES string of the molecule is CC/C=C\C/C=C\C/C=C\C/C=C\C/C=C\CCCCCCCCCCCCCCCCCC(=O)OCC(COC(=O)CCCCCCCCC)OC(=O)CCCCCCCCC/C=C\C/C=C\C/C=C\C/C=C\C/C=C\CC. The van der Waals surface area contributed by atoms with Crippen LogP contribution in [0.15, 0.2) is 122 Å². The van der Waals surface area contributed by atoms with Crippen LogP contribution in [0.5, 0.6) is 0 Å². The molecule has 0 heterocycles. The highest BCUT2D eigenvalue weighted by Gasteiger charge is 2.19. The van der Waals surface area contributed by atoms with Gasteiger partial charge in [0.2, 0.25) is 0 Å². The topological polar surface area (TPSA) is 78.9 Å². The van der Waals surface area contributed by atoms with Crippen LogP contribution in [-0.2, 0) is 28.6 Å². The van der Waals surface area contributed by atoms with Gasteiger partial charge in [0.15, 0.2) is 6.10 Å². The summed E-state index contributed by atoms with van der Waals surface area (Å²) in [5.41, 5.74) is 0. The van der Waals surface area contributed by atoms with E-state index >= 15 is 0 Å². The van der Waals surface area contributed by atoms with Gasteiger partial charge in [-0.2, -0.15) is 0 Å². The molecule has 0 aromatic heterocycles. The molecule has 0 rings (SSSR count). The Labute approximate surface area is 488 Å². The molecule has 6 nitrogen and oxygen atoms in total. The zero-order chi connectivity index (χ0) is 57.1. The monoisotopic (exact) mass is 1090 g/mol. The molecule has 0 aliphatic rings. The van der Waals surface area contributed by atoms with Crippen LogP contribution in [0.3, 0.4) is 0 Å². The van der Waals surface area contributed by atoms with Crippen LogP contribution >= 0.6 is 0 Å². The van der Waals surface area contributed by atoms with Gasteiger partial charge in [0.1, 0.15) is 13.2 Å². The normalized spacial score (nSPS) is 12.9. The molecule has 0 aliphatic carbocycles. The summed E-state index contributed by atoms with van der Waals surface area (Å²) in [5, 5.41) is 0. The minimum absolute atomic E-state index is 0.0819. The number of hydrogen-bond donors (Lipinski definition) is 0. The third-order valence-corrected chi connectivity index (χ3v) is 14.0. The van der Waals surface area contributed by atoms with E-state index in [4.69, 9.17) is 14.2 Å². The first-order chi connectivity index (χ1) is 39.0. The van der Waals surface area contributed by atoms with Crippen molar-refractivity contribution in [3.05, 3.63) is 122 Å². The maximum Gasteiger partial charge on any atom is 0.306 e. The second-order valence-corrected chi connectivity index (χ2v) is 21.6. The number of carbonyl (C=O) groups is 3. The van der Waals surface area contributed by atoms with E-state index in [1.54, 1.807) is 0 Å². The number of esters is 3. The van der Waals surface area contributed by atoms with Gasteiger partial charge in [-0.25, -0.2) is 0 Å². The summed E-state index contributed by atoms with van der Waals surface area (Å²) in [6.07, 6.45) is 92.4. The summed E-state index contributed by atoms with van der Waals surface area (Å²) in [5.74, 6) is -0.893. The molecule has 0 saturated carbocycles. The number of rotatable bonds is 59. The van der Waals surface area contributed by atoms with Gasteiger partial charge < -0.3 is 14.2 Å². The molecule has 0 spiro atoms. The summed E-state index contributed by atoms with van der Waals surface area (Å²) in [6, 6.07) is 0. The Morgan fingerprint density at radius 3 is 0.772 bits per heavy atom. The first kappa shape index (κ1) is 74.8. The van der Waals surface area contributed by atoms with Crippen LogP contribution in [0.25, 0.3) is 0 Å². The van der Waals surface area contributed by atoms with Gasteiger partial charge in [-0.05, 0) is 109 Å². The lowest BCUT2D eigenvalue weighted by atomic mass is 10.0. The van der Waals surface area contributed by atoms with Gasteiger partial charge >= 0.3 is 17.9 Å². The predicted molar refractivity (Wildman–Crippen MR) is 343 cm³/mol. The molecule has 0 aromatic carbocycles. The molecule has 0 fully saturated rings. The highest BCUT2D eigenvalue weighted by Crippen LogP contribution is 2.16. The van der Waals surface area contributed by atoms with Crippen LogP contribution in [0.1, 0.15) is 303 Å². The minimum atomic E-state index is -0.784. The van der Waals surface area contributed by atoms with Gasteiger partial charge in [0, 0.05) is 19.3 Å². The van der Waals surface area contributed by atoms with E-state index in [0.717, 1.165) is 128 Å². The third-order valence-electron chi connectivity index (χ3n) is 14.0. The fourth-order valence-electron chi connectivity index (χ4n) is 9.09. The van der Waals surface area contributed by atoms with Crippen molar-refractivity contribution in [1.29, 1.82) is 0 Å². The van der Waals surface area contributed by atoms with Crippen molar-refractivity contribution in [2.75, 3.05) is 13.2 Å². The number of hydrogen-bond acceptors (Lipinski definition) is 6. The number of carbonyl (C=O) groups excluding carboxylic acids is 3. The first-order valence-corrected chi connectivity index (χ1v) is 33.0. The Balaban J connectivity index is 4.12. The quantitative estimate of drug-likeness (QED) is 0.0261. The number of ether oxygens (including phenoxy) is 3. The zero-order valence-corrected chi connectivity index (χ0v) is 51.6. The molecule has 0 N–H and O–H groups in total. The summed E-state index contributed by atoms with van der Waals surface area (Å²) >= 11 is 0. The molecule has 0 amide bonds. The average Bonchev–Trinajstić information content (AvgIpc) is 3.45. The molecule has 0 bridgehead atoms. The molecule has 1 unspecified atom stereocenters. The lowest BCUT2D eigenvalue weighted by Crippen LogP contribution is -2.30. The Morgan fingerprint density at radius 2 is 0.494 bits per heavy atom. The van der Waals surface area contributed by atoms with Crippen LogP contribution in [0, 0.1) is 0 Å². The molecule has 0 saturated heterocycles. The van der Waals surface area contributed by atoms with Crippen molar-refractivity contribution in [3.8, 4) is 0 Å². The van der Waals surface area contributed by atoms with Crippen molar-refractivity contribution in [2.45, 2.75) is 309 Å². The van der Waals surface area contributed by atoms with Crippen molar-refractivity contribution < 1.29 is 28.6 Å². The Morgan fingerprint density at radius 1 is 0.266 bits per heavy atom. The van der Waals surface area contributed by atoms with E-state index in [1.807, 2.05) is 0 Å². The molecule has 0 aliphatic heterocycles. The summed E-state index contributed by atoms with van der Waals surface area (Å²) in [6.45, 7) is 6.38. The van der Waals surface area contributed by atoms with Gasteiger partial charge in [-0.1, -0.05) is 296 Å². The highest BCUT2D eigenvalue weighted by molar-refractivity contribution is 5.71. The Kier molecular flexibility index (Phi) is 62.8. The lowest BCUT2D eigenvalue weighted by molar-refractivity contribution is -0.167. The molecule has 0 aromatic rings. The molecule has 0 radical (unpaired) electrons. The minimum Gasteiger partial charge on any atom is -0.462 e. The van der Waals surface area contributed by atoms with Crippen molar-refractivity contribution in [1.82, 2.24) is 0 Å². The van der Waals surface area contributed by atoms with Gasteiger partial charge in [-0.15, -0.1) is 0 Å². The lowest BCUT2D eigenvalue weighted by Gasteiger charge is -2.18. The summed E-state index contributed by atoms with van der Waals surface area (Å²) in [4.78, 5) is 38.1. The molecule has 6 heteroatoms. The average molecular weight is 1100 g/mol. The fourth-order valence-corrected chi connectivity index (χ4v) is 9.09. The summed E-state index contributed by atoms with van der Waals surface area (Å²) < 4.78 is 16.8. The van der Waals surface area contributed by atoms with Crippen LogP contribution in [0.2, 0.25) is 0 Å². The smallest absolute Gasteiger partial charge is 0.306 e. The van der Waals surface area contributed by atoms with E-state index in [9.17, 15) is 14.4 Å². The number of unbranched alkanes of at least 4 members (excludes halogenated alkanes) is 28. The van der Waals surface area contributed by atoms with Crippen LogP contribution in [0.4, 0.5) is 0 Å². The molecule has 450 valence electrons. The number of allylic oxidation sites excluding steroid dienone is 20. The van der Waals surface area contributed by atoms with E-state index < -0.39 is 6.10 Å². The second-order valence-electron chi connectivity index (χ2n) is 21.6. The van der Waals surface area contributed by atoms with E-state index in [-0.39, 0.29) is 31.1 Å². The Bertz CT molecular complexity index is 1640. The largest absolute Gasteiger partial charge is 0.462 e. The molecule has 1 atom stereocenters. The maximum atomic E-state index is 12.9. The maximum absolute atomic E-state index is 12.9. The van der Waals surface area contributed by atoms with Crippen LogP contribution in [-0.4, -0.2) is 37.2 Å². The standard InChI is InChI=1S/C73H122O6/c1-4-7-10-13-16-18-20-22-24-26-28-30-32-33-34-35-36-37-38-39-41-42-44-46-48-50-52-54-57-60-63-66-72(75)78-69-70(68-77-71(74)65-62-59-56-15-12-9-6-3)79-73(76)67-64-61-58-55-53-51-49-47-45-43-40-31-29-27-25-23-21-19-17-14-11-8-5-2/h7-8,10-11,16-19,22-25,28-31,33-34,43,45,70H,4-6,9,12-15,20-21,26-27,32,35-42,44,46-69H2,1-3H3/b10-7-,11-8-,18-16-,19-17-,24-22-,25-23-,30-28-,31-29-,34-33-,45-43-. The molecular formula is C73H122O6. The zero-order valence-electron chi connectivity index (χ0n) is 51.6. The van der Waals surface area contributed by atoms with E-state index in [2.05, 4.69) is 142 Å². The molecular weight excluding hydrogens is 973 g/mol. The van der Waals surface area contributed by atoms with Gasteiger partial charge in [0.05, 0.1) is 0 Å². The van der Waals surface area contributed by atoms with Crippen molar-refractivity contribution in [3.63, 3.8) is 0 Å². The van der Waals surface area contributed by atoms with Gasteiger partial charge in [-0.3, -0.25) is 14.4 Å².